The minimum Gasteiger partial charge on any atom is -0.379 e. The quantitative estimate of drug-likeness (QED) is 0.658. The Kier molecular flexibility index (Phi) is 3.76. The van der Waals surface area contributed by atoms with Gasteiger partial charge < -0.3 is 14.0 Å². The monoisotopic (exact) mass is 170 g/mol. The first-order valence-corrected chi connectivity index (χ1v) is 3.89. The van der Waals surface area contributed by atoms with Crippen LogP contribution in [0, 0.1) is 0 Å². The SMILES string of the molecule is CO[C@H](C)COCn1ccnc1. The molecule has 1 aromatic heterocycles. The van der Waals surface area contributed by atoms with Gasteiger partial charge in [-0.1, -0.05) is 0 Å². The van der Waals surface area contributed by atoms with E-state index in [1.54, 1.807) is 19.6 Å². The molecule has 4 nitrogen and oxygen atoms in total. The van der Waals surface area contributed by atoms with E-state index in [0.717, 1.165) is 0 Å². The number of imidazole rings is 1. The summed E-state index contributed by atoms with van der Waals surface area (Å²) in [7, 11) is 1.67. The molecule has 0 bridgehead atoms. The van der Waals surface area contributed by atoms with Gasteiger partial charge in [0.1, 0.15) is 6.73 Å². The predicted octanol–water partition coefficient (Wildman–Crippen LogP) is 0.892. The Balaban J connectivity index is 2.11. The van der Waals surface area contributed by atoms with Crippen molar-refractivity contribution in [3.05, 3.63) is 18.7 Å². The molecule has 0 fully saturated rings. The van der Waals surface area contributed by atoms with Crippen molar-refractivity contribution in [1.29, 1.82) is 0 Å². The van der Waals surface area contributed by atoms with Gasteiger partial charge in [0.05, 0.1) is 19.0 Å². The molecular formula is C8H14N2O2. The van der Waals surface area contributed by atoms with Crippen molar-refractivity contribution in [2.75, 3.05) is 13.7 Å². The minimum absolute atomic E-state index is 0.147. The van der Waals surface area contributed by atoms with Crippen LogP contribution >= 0.6 is 0 Å². The van der Waals surface area contributed by atoms with Crippen molar-refractivity contribution in [2.45, 2.75) is 19.8 Å². The van der Waals surface area contributed by atoms with Gasteiger partial charge in [-0.05, 0) is 6.92 Å². The Hall–Kier alpha value is -0.870. The molecule has 0 aromatic carbocycles. The third-order valence-electron chi connectivity index (χ3n) is 1.55. The predicted molar refractivity (Wildman–Crippen MR) is 44.7 cm³/mol. The van der Waals surface area contributed by atoms with E-state index in [9.17, 15) is 0 Å². The van der Waals surface area contributed by atoms with Crippen molar-refractivity contribution in [1.82, 2.24) is 9.55 Å². The molecule has 1 rings (SSSR count). The highest BCUT2D eigenvalue weighted by Crippen LogP contribution is 1.92. The molecule has 12 heavy (non-hydrogen) atoms. The smallest absolute Gasteiger partial charge is 0.123 e. The number of rotatable bonds is 5. The van der Waals surface area contributed by atoms with Gasteiger partial charge in [-0.3, -0.25) is 0 Å². The molecule has 68 valence electrons. The van der Waals surface area contributed by atoms with E-state index in [1.807, 2.05) is 17.7 Å². The highest BCUT2D eigenvalue weighted by atomic mass is 16.5. The number of nitrogens with zero attached hydrogens (tertiary/aromatic N) is 2. The summed E-state index contributed by atoms with van der Waals surface area (Å²) in [6.07, 6.45) is 5.45. The lowest BCUT2D eigenvalue weighted by Crippen LogP contribution is -2.14. The van der Waals surface area contributed by atoms with Crippen molar-refractivity contribution < 1.29 is 9.47 Å². The molecular weight excluding hydrogens is 156 g/mol. The highest BCUT2D eigenvalue weighted by Gasteiger charge is 1.98. The van der Waals surface area contributed by atoms with E-state index >= 15 is 0 Å². The maximum absolute atomic E-state index is 5.33. The number of methoxy groups -OCH3 is 1. The standard InChI is InChI=1S/C8H14N2O2/c1-8(11-2)5-12-7-10-4-3-9-6-10/h3-4,6,8H,5,7H2,1-2H3/t8-/m1/s1. The first-order valence-electron chi connectivity index (χ1n) is 3.89. The van der Waals surface area contributed by atoms with Crippen molar-refractivity contribution in [2.24, 2.45) is 0 Å². The Morgan fingerprint density at radius 1 is 1.58 bits per heavy atom. The number of aromatic nitrogens is 2. The first kappa shape index (κ1) is 9.22. The fourth-order valence-corrected chi connectivity index (χ4v) is 0.755. The Morgan fingerprint density at radius 2 is 2.42 bits per heavy atom. The molecule has 4 heteroatoms. The summed E-state index contributed by atoms with van der Waals surface area (Å²) in [5.41, 5.74) is 0. The molecule has 0 spiro atoms. The van der Waals surface area contributed by atoms with Gasteiger partial charge in [-0.15, -0.1) is 0 Å². The molecule has 1 heterocycles. The summed E-state index contributed by atoms with van der Waals surface area (Å²) in [6.45, 7) is 3.11. The Labute approximate surface area is 72.1 Å². The van der Waals surface area contributed by atoms with Gasteiger partial charge in [0.25, 0.3) is 0 Å². The normalized spacial score (nSPS) is 13.2. The first-order chi connectivity index (χ1) is 5.83. The summed E-state index contributed by atoms with van der Waals surface area (Å²) in [5, 5.41) is 0. The Morgan fingerprint density at radius 3 is 3.00 bits per heavy atom. The van der Waals surface area contributed by atoms with Crippen molar-refractivity contribution in [3.8, 4) is 0 Å². The molecule has 0 unspecified atom stereocenters. The topological polar surface area (TPSA) is 36.3 Å². The van der Waals surface area contributed by atoms with E-state index < -0.39 is 0 Å². The van der Waals surface area contributed by atoms with Crippen LogP contribution in [0.3, 0.4) is 0 Å². The van der Waals surface area contributed by atoms with Crippen LogP contribution in [-0.2, 0) is 16.2 Å². The van der Waals surface area contributed by atoms with E-state index in [-0.39, 0.29) is 6.10 Å². The lowest BCUT2D eigenvalue weighted by Gasteiger charge is -2.09. The van der Waals surface area contributed by atoms with Crippen LogP contribution in [0.2, 0.25) is 0 Å². The van der Waals surface area contributed by atoms with E-state index in [0.29, 0.717) is 13.3 Å². The summed E-state index contributed by atoms with van der Waals surface area (Å²) in [4.78, 5) is 3.89. The molecule has 1 atom stereocenters. The van der Waals surface area contributed by atoms with Crippen LogP contribution in [0.1, 0.15) is 6.92 Å². The molecule has 0 saturated heterocycles. The molecule has 0 aliphatic carbocycles. The largest absolute Gasteiger partial charge is 0.379 e. The second-order valence-electron chi connectivity index (χ2n) is 2.62. The second kappa shape index (κ2) is 4.90. The average Bonchev–Trinajstić information content (AvgIpc) is 2.57. The third kappa shape index (κ3) is 3.02. The van der Waals surface area contributed by atoms with Crippen molar-refractivity contribution >= 4 is 0 Å². The highest BCUT2D eigenvalue weighted by molar-refractivity contribution is 4.72. The van der Waals surface area contributed by atoms with Crippen molar-refractivity contribution in [3.63, 3.8) is 0 Å². The third-order valence-corrected chi connectivity index (χ3v) is 1.55. The van der Waals surface area contributed by atoms with E-state index in [2.05, 4.69) is 4.98 Å². The van der Waals surface area contributed by atoms with Gasteiger partial charge in [0, 0.05) is 19.5 Å². The summed E-state index contributed by atoms with van der Waals surface area (Å²) in [5.74, 6) is 0. The fourth-order valence-electron chi connectivity index (χ4n) is 0.755. The maximum atomic E-state index is 5.33. The molecule has 0 saturated carbocycles. The summed E-state index contributed by atoms with van der Waals surface area (Å²) < 4.78 is 12.2. The molecule has 0 radical (unpaired) electrons. The van der Waals surface area contributed by atoms with Crippen LogP contribution in [-0.4, -0.2) is 29.4 Å². The lowest BCUT2D eigenvalue weighted by molar-refractivity contribution is -0.00741. The molecule has 1 aromatic rings. The molecule has 0 N–H and O–H groups in total. The van der Waals surface area contributed by atoms with E-state index in [4.69, 9.17) is 9.47 Å². The Bertz CT molecular complexity index is 199. The number of hydrogen-bond donors (Lipinski definition) is 0. The number of ether oxygens (including phenoxy) is 2. The molecule has 0 aliphatic rings. The zero-order valence-corrected chi connectivity index (χ0v) is 7.43. The van der Waals surface area contributed by atoms with Gasteiger partial charge in [-0.2, -0.15) is 0 Å². The van der Waals surface area contributed by atoms with Crippen LogP contribution in [0.15, 0.2) is 18.7 Å². The fraction of sp³-hybridized carbons (Fsp3) is 0.625. The van der Waals surface area contributed by atoms with Gasteiger partial charge in [0.2, 0.25) is 0 Å². The van der Waals surface area contributed by atoms with Crippen LogP contribution < -0.4 is 0 Å². The molecule has 0 aliphatic heterocycles. The summed E-state index contributed by atoms with van der Waals surface area (Å²) in [6, 6.07) is 0. The van der Waals surface area contributed by atoms with E-state index in [1.165, 1.54) is 0 Å². The zero-order chi connectivity index (χ0) is 8.81. The number of hydrogen-bond acceptors (Lipinski definition) is 3. The molecule has 0 amide bonds. The minimum atomic E-state index is 0.147. The lowest BCUT2D eigenvalue weighted by atomic mass is 10.4. The second-order valence-corrected chi connectivity index (χ2v) is 2.62. The van der Waals surface area contributed by atoms with Gasteiger partial charge in [-0.25, -0.2) is 4.98 Å². The van der Waals surface area contributed by atoms with Crippen LogP contribution in [0.5, 0.6) is 0 Å². The summed E-state index contributed by atoms with van der Waals surface area (Å²) >= 11 is 0. The average molecular weight is 170 g/mol. The van der Waals surface area contributed by atoms with Gasteiger partial charge in [0.15, 0.2) is 0 Å². The van der Waals surface area contributed by atoms with Crippen LogP contribution in [0.25, 0.3) is 0 Å². The zero-order valence-electron chi connectivity index (χ0n) is 7.43. The van der Waals surface area contributed by atoms with Gasteiger partial charge >= 0.3 is 0 Å². The maximum Gasteiger partial charge on any atom is 0.123 e. The van der Waals surface area contributed by atoms with Crippen LogP contribution in [0.4, 0.5) is 0 Å².